The molecule has 6 heteroatoms. The molecule has 3 aliphatic heterocycles. The Morgan fingerprint density at radius 2 is 1.61 bits per heavy atom. The van der Waals surface area contributed by atoms with Crippen molar-refractivity contribution in [3.8, 4) is 11.5 Å². The number of likely N-dealkylation sites (tertiary alicyclic amines) is 2. The fourth-order valence-electron chi connectivity index (χ4n) is 6.74. The fraction of sp³-hybridized carbons (Fsp3) is 0.625. The van der Waals surface area contributed by atoms with Crippen molar-refractivity contribution in [2.45, 2.75) is 77.0 Å². The van der Waals surface area contributed by atoms with Crippen LogP contribution in [-0.2, 0) is 9.59 Å². The third-order valence-electron chi connectivity index (χ3n) is 8.90. The number of ether oxygens (including phenoxy) is 2. The lowest BCUT2D eigenvalue weighted by Crippen LogP contribution is -2.44. The average molecular weight is 521 g/mol. The summed E-state index contributed by atoms with van der Waals surface area (Å²) in [5, 5.41) is 0. The van der Waals surface area contributed by atoms with E-state index in [1.165, 1.54) is 12.8 Å². The van der Waals surface area contributed by atoms with Crippen LogP contribution in [0.15, 0.2) is 42.5 Å². The molecule has 1 aliphatic carbocycles. The number of piperidine rings is 2. The molecule has 206 valence electrons. The summed E-state index contributed by atoms with van der Waals surface area (Å²) in [4.78, 5) is 31.1. The highest BCUT2D eigenvalue weighted by atomic mass is 16.7. The molecule has 0 saturated carbocycles. The van der Waals surface area contributed by atoms with E-state index in [-0.39, 0.29) is 42.3 Å². The van der Waals surface area contributed by atoms with E-state index in [1.54, 1.807) is 0 Å². The molecular weight excluding hydrogens is 476 g/mol. The maximum Gasteiger partial charge on any atom is 0.246 e. The summed E-state index contributed by atoms with van der Waals surface area (Å²) in [5.41, 5.74) is 1.15. The Bertz CT molecular complexity index is 1020. The minimum atomic E-state index is -0.144. The third-order valence-corrected chi connectivity index (χ3v) is 8.90. The van der Waals surface area contributed by atoms with Crippen LogP contribution in [0.3, 0.4) is 0 Å². The number of hydrogen-bond donors (Lipinski definition) is 0. The lowest BCUT2D eigenvalue weighted by Gasteiger charge is -2.41. The molecule has 1 aromatic carbocycles. The van der Waals surface area contributed by atoms with Gasteiger partial charge in [0.15, 0.2) is 11.5 Å². The van der Waals surface area contributed by atoms with Crippen LogP contribution in [0.5, 0.6) is 11.5 Å². The number of nitrogens with zero attached hydrogens (tertiary/aromatic N) is 2. The normalized spacial score (nSPS) is 27.2. The average Bonchev–Trinajstić information content (AvgIpc) is 3.45. The summed E-state index contributed by atoms with van der Waals surface area (Å²) in [5.74, 6) is 2.08. The van der Waals surface area contributed by atoms with E-state index in [4.69, 9.17) is 9.47 Å². The summed E-state index contributed by atoms with van der Waals surface area (Å²) < 4.78 is 11.3. The van der Waals surface area contributed by atoms with Crippen LogP contribution in [0.4, 0.5) is 0 Å². The molecule has 4 aliphatic rings. The second-order valence-corrected chi connectivity index (χ2v) is 11.4. The first-order valence-corrected chi connectivity index (χ1v) is 15.0. The van der Waals surface area contributed by atoms with Gasteiger partial charge < -0.3 is 19.3 Å². The Balaban J connectivity index is 1.47. The molecule has 4 atom stereocenters. The Kier molecular flexibility index (Phi) is 9.08. The second kappa shape index (κ2) is 12.9. The van der Waals surface area contributed by atoms with E-state index < -0.39 is 0 Å². The van der Waals surface area contributed by atoms with Crippen molar-refractivity contribution in [3.63, 3.8) is 0 Å². The van der Waals surface area contributed by atoms with E-state index in [2.05, 4.69) is 42.2 Å². The van der Waals surface area contributed by atoms with Crippen molar-refractivity contribution in [2.24, 2.45) is 17.8 Å². The molecular formula is C32H44N2O4. The standard InChI is InChI=1S/C32H44N2O4/c1-2-3-6-11-26-27(15-17-31(35)33-18-7-4-8-19-33)25(24-12-16-29-30(22-24)38-23-37-29)13-14-28(26)32(36)34-20-9-5-10-21-34/h12-17,22,25-28H,2-11,18-21,23H2,1H3. The number of carbonyl (C=O) groups excluding carboxylic acids is 2. The van der Waals surface area contributed by atoms with Crippen LogP contribution in [0.25, 0.3) is 0 Å². The SMILES string of the molecule is CCCCCC1C(C(=O)N2CCCCC2)C=CC(c2ccc3c(c2)OCO3)C1C=CC(=O)N1CCCCC1. The molecule has 0 bridgehead atoms. The molecule has 2 fully saturated rings. The molecule has 0 radical (unpaired) electrons. The highest BCUT2D eigenvalue weighted by Crippen LogP contribution is 2.46. The van der Waals surface area contributed by atoms with E-state index in [9.17, 15) is 9.59 Å². The maximum atomic E-state index is 13.9. The lowest BCUT2D eigenvalue weighted by molar-refractivity contribution is -0.137. The van der Waals surface area contributed by atoms with Gasteiger partial charge in [0.25, 0.3) is 0 Å². The van der Waals surface area contributed by atoms with Crippen molar-refractivity contribution in [1.29, 1.82) is 0 Å². The van der Waals surface area contributed by atoms with Gasteiger partial charge >= 0.3 is 0 Å². The number of hydrogen-bond acceptors (Lipinski definition) is 4. The minimum absolute atomic E-state index is 0.0599. The Labute approximate surface area is 228 Å². The van der Waals surface area contributed by atoms with Crippen LogP contribution >= 0.6 is 0 Å². The fourth-order valence-corrected chi connectivity index (χ4v) is 6.74. The van der Waals surface area contributed by atoms with Gasteiger partial charge in [0, 0.05) is 32.1 Å². The third kappa shape index (κ3) is 6.10. The summed E-state index contributed by atoms with van der Waals surface area (Å²) >= 11 is 0. The van der Waals surface area contributed by atoms with Crippen molar-refractivity contribution >= 4 is 11.8 Å². The number of allylic oxidation sites excluding steroid dienone is 2. The van der Waals surface area contributed by atoms with Crippen molar-refractivity contribution in [1.82, 2.24) is 9.80 Å². The molecule has 4 unspecified atom stereocenters. The van der Waals surface area contributed by atoms with Gasteiger partial charge in [-0.1, -0.05) is 50.5 Å². The van der Waals surface area contributed by atoms with Gasteiger partial charge in [0.2, 0.25) is 18.6 Å². The monoisotopic (exact) mass is 520 g/mol. The van der Waals surface area contributed by atoms with E-state index in [0.717, 1.165) is 94.6 Å². The largest absolute Gasteiger partial charge is 0.454 e. The summed E-state index contributed by atoms with van der Waals surface area (Å²) in [6.07, 6.45) is 19.5. The van der Waals surface area contributed by atoms with Gasteiger partial charge in [0.1, 0.15) is 0 Å². The molecule has 2 saturated heterocycles. The number of benzene rings is 1. The molecule has 0 N–H and O–H groups in total. The first-order valence-electron chi connectivity index (χ1n) is 15.0. The minimum Gasteiger partial charge on any atom is -0.454 e. The number of amides is 2. The topological polar surface area (TPSA) is 59.1 Å². The van der Waals surface area contributed by atoms with Crippen molar-refractivity contribution in [3.05, 3.63) is 48.1 Å². The van der Waals surface area contributed by atoms with Crippen molar-refractivity contribution < 1.29 is 19.1 Å². The zero-order chi connectivity index (χ0) is 26.3. The first kappa shape index (κ1) is 26.8. The molecule has 5 rings (SSSR count). The Morgan fingerprint density at radius 3 is 2.34 bits per heavy atom. The number of carbonyl (C=O) groups is 2. The zero-order valence-corrected chi connectivity index (χ0v) is 23.0. The van der Waals surface area contributed by atoms with Gasteiger partial charge in [-0.2, -0.15) is 0 Å². The van der Waals surface area contributed by atoms with Gasteiger partial charge in [-0.25, -0.2) is 0 Å². The number of unbranched alkanes of at least 4 members (excludes halogenated alkanes) is 2. The Morgan fingerprint density at radius 1 is 0.895 bits per heavy atom. The number of rotatable bonds is 8. The van der Waals surface area contributed by atoms with Crippen LogP contribution in [0.1, 0.15) is 82.6 Å². The summed E-state index contributed by atoms with van der Waals surface area (Å²) in [6.45, 7) is 5.89. The van der Waals surface area contributed by atoms with Crippen molar-refractivity contribution in [2.75, 3.05) is 33.0 Å². The maximum absolute atomic E-state index is 13.9. The molecule has 2 amide bonds. The van der Waals surface area contributed by atoms with Crippen LogP contribution in [0, 0.1) is 17.8 Å². The highest BCUT2D eigenvalue weighted by molar-refractivity contribution is 5.87. The molecule has 1 aromatic rings. The smallest absolute Gasteiger partial charge is 0.246 e. The van der Waals surface area contributed by atoms with Crippen LogP contribution < -0.4 is 9.47 Å². The summed E-state index contributed by atoms with van der Waals surface area (Å²) in [6, 6.07) is 6.19. The van der Waals surface area contributed by atoms with Gasteiger partial charge in [-0.3, -0.25) is 9.59 Å². The molecule has 6 nitrogen and oxygen atoms in total. The van der Waals surface area contributed by atoms with E-state index >= 15 is 0 Å². The van der Waals surface area contributed by atoms with Gasteiger partial charge in [-0.05, 0) is 80.6 Å². The summed E-state index contributed by atoms with van der Waals surface area (Å²) in [7, 11) is 0. The van der Waals surface area contributed by atoms with Crippen LogP contribution in [0.2, 0.25) is 0 Å². The van der Waals surface area contributed by atoms with Crippen LogP contribution in [-0.4, -0.2) is 54.6 Å². The predicted molar refractivity (Wildman–Crippen MR) is 149 cm³/mol. The molecule has 3 heterocycles. The van der Waals surface area contributed by atoms with Gasteiger partial charge in [0.05, 0.1) is 5.92 Å². The van der Waals surface area contributed by atoms with E-state index in [0.29, 0.717) is 0 Å². The zero-order valence-electron chi connectivity index (χ0n) is 23.0. The predicted octanol–water partition coefficient (Wildman–Crippen LogP) is 6.08. The molecule has 0 spiro atoms. The molecule has 0 aromatic heterocycles. The Hall–Kier alpha value is -2.76. The lowest BCUT2D eigenvalue weighted by atomic mass is 9.66. The first-order chi connectivity index (χ1) is 18.7. The second-order valence-electron chi connectivity index (χ2n) is 11.4. The molecule has 38 heavy (non-hydrogen) atoms. The highest BCUT2D eigenvalue weighted by Gasteiger charge is 2.40. The van der Waals surface area contributed by atoms with E-state index in [1.807, 2.05) is 17.0 Å². The number of fused-ring (bicyclic) bond motifs is 1. The quantitative estimate of drug-likeness (QED) is 0.237. The van der Waals surface area contributed by atoms with Gasteiger partial charge in [-0.15, -0.1) is 0 Å².